The second kappa shape index (κ2) is 12.9. The Hall–Kier alpha value is -6.85. The third kappa shape index (κ3) is 5.91. The van der Waals surface area contributed by atoms with Crippen molar-refractivity contribution < 1.29 is 0 Å². The summed E-state index contributed by atoms with van der Waals surface area (Å²) in [6.45, 7) is 2.05. The topological polar surface area (TPSA) is 64.5 Å². The number of fused-ring (bicyclic) bond motifs is 3. The zero-order valence-corrected chi connectivity index (χ0v) is 27.9. The Morgan fingerprint density at radius 1 is 0.373 bits per heavy atom. The van der Waals surface area contributed by atoms with Crippen molar-refractivity contribution in [3.05, 3.63) is 176 Å². The monoisotopic (exact) mass is 653 g/mol. The van der Waals surface area contributed by atoms with Gasteiger partial charge in [0.1, 0.15) is 5.69 Å². The Morgan fingerprint density at radius 2 is 1.02 bits per heavy atom. The number of hydrogen-bond donors (Lipinski definition) is 0. The smallest absolute Gasteiger partial charge is 0.179 e. The van der Waals surface area contributed by atoms with E-state index in [0.717, 1.165) is 89.2 Å². The first-order valence-corrected chi connectivity index (χ1v) is 17.0. The van der Waals surface area contributed by atoms with E-state index in [2.05, 4.69) is 121 Å². The highest BCUT2D eigenvalue weighted by molar-refractivity contribution is 6.08. The molecule has 0 bridgehead atoms. The third-order valence-corrected chi connectivity index (χ3v) is 9.21. The highest BCUT2D eigenvalue weighted by Gasteiger charge is 2.14. The van der Waals surface area contributed by atoms with E-state index >= 15 is 0 Å². The van der Waals surface area contributed by atoms with Crippen molar-refractivity contribution >= 4 is 21.8 Å². The van der Waals surface area contributed by atoms with Crippen LogP contribution in [0.3, 0.4) is 0 Å². The largest absolute Gasteiger partial charge is 0.253 e. The van der Waals surface area contributed by atoms with Gasteiger partial charge in [-0.1, -0.05) is 127 Å². The summed E-state index contributed by atoms with van der Waals surface area (Å²) in [5.41, 5.74) is 13.8. The molecule has 0 radical (unpaired) electrons. The van der Waals surface area contributed by atoms with Crippen molar-refractivity contribution in [1.29, 1.82) is 0 Å². The normalized spacial score (nSPS) is 11.2. The zero-order valence-electron chi connectivity index (χ0n) is 27.9. The average Bonchev–Trinajstić information content (AvgIpc) is 3.21. The van der Waals surface area contributed by atoms with Gasteiger partial charge in [0.15, 0.2) is 5.82 Å². The standard InChI is InChI=1S/C46H31N5/c1-30-27-39(38-24-22-35-23-25-40(33-11-4-2-5-12-33)49-44(35)45(38)48-30)32-20-18-31(19-21-32)36-15-10-16-37(28-36)43-29-42(34-13-6-3-7-14-34)50-46(51-43)41-17-8-9-26-47-41/h2-29H,1H3. The molecule has 4 heterocycles. The maximum Gasteiger partial charge on any atom is 0.179 e. The molecular formula is C46H31N5. The predicted molar refractivity (Wildman–Crippen MR) is 208 cm³/mol. The van der Waals surface area contributed by atoms with Gasteiger partial charge in [-0.05, 0) is 65.6 Å². The van der Waals surface area contributed by atoms with E-state index in [4.69, 9.17) is 19.9 Å². The van der Waals surface area contributed by atoms with Crippen LogP contribution in [0.2, 0.25) is 0 Å². The molecule has 9 rings (SSSR count). The molecule has 0 unspecified atom stereocenters. The highest BCUT2D eigenvalue weighted by atomic mass is 14.9. The molecule has 0 N–H and O–H groups in total. The predicted octanol–water partition coefficient (Wildman–Crippen LogP) is 11.3. The summed E-state index contributed by atoms with van der Waals surface area (Å²) in [6.07, 6.45) is 1.77. The lowest BCUT2D eigenvalue weighted by Gasteiger charge is -2.12. The second-order valence-corrected chi connectivity index (χ2v) is 12.6. The molecule has 5 nitrogen and oxygen atoms in total. The Bertz CT molecular complexity index is 2620. The molecule has 0 amide bonds. The molecule has 0 atom stereocenters. The van der Waals surface area contributed by atoms with Gasteiger partial charge in [0.25, 0.3) is 0 Å². The minimum Gasteiger partial charge on any atom is -0.253 e. The second-order valence-electron chi connectivity index (χ2n) is 12.6. The van der Waals surface area contributed by atoms with Gasteiger partial charge in [0.05, 0.1) is 28.1 Å². The van der Waals surface area contributed by atoms with Crippen LogP contribution in [0.5, 0.6) is 0 Å². The first-order valence-electron chi connectivity index (χ1n) is 17.0. The van der Waals surface area contributed by atoms with Crippen LogP contribution in [-0.2, 0) is 0 Å². The van der Waals surface area contributed by atoms with Crippen LogP contribution < -0.4 is 0 Å². The Balaban J connectivity index is 1.09. The van der Waals surface area contributed by atoms with Crippen LogP contribution in [-0.4, -0.2) is 24.9 Å². The van der Waals surface area contributed by atoms with Gasteiger partial charge in [0.2, 0.25) is 0 Å². The maximum atomic E-state index is 5.11. The number of hydrogen-bond acceptors (Lipinski definition) is 5. The van der Waals surface area contributed by atoms with E-state index in [1.165, 1.54) is 0 Å². The molecule has 0 saturated heterocycles. The molecule has 0 aliphatic rings. The van der Waals surface area contributed by atoms with Crippen molar-refractivity contribution in [2.75, 3.05) is 0 Å². The lowest BCUT2D eigenvalue weighted by Crippen LogP contribution is -1.97. The third-order valence-electron chi connectivity index (χ3n) is 9.21. The van der Waals surface area contributed by atoms with Gasteiger partial charge in [-0.15, -0.1) is 0 Å². The van der Waals surface area contributed by atoms with E-state index in [9.17, 15) is 0 Å². The van der Waals surface area contributed by atoms with Crippen LogP contribution in [0, 0.1) is 6.92 Å². The van der Waals surface area contributed by atoms with Crippen LogP contribution >= 0.6 is 0 Å². The molecule has 0 aliphatic heterocycles. The molecule has 4 aromatic heterocycles. The Kier molecular flexibility index (Phi) is 7.63. The van der Waals surface area contributed by atoms with Crippen LogP contribution in [0.15, 0.2) is 170 Å². The molecule has 9 aromatic rings. The van der Waals surface area contributed by atoms with Gasteiger partial charge in [-0.25, -0.2) is 15.0 Å². The van der Waals surface area contributed by atoms with Gasteiger partial charge in [0, 0.05) is 39.4 Å². The molecular weight excluding hydrogens is 623 g/mol. The summed E-state index contributed by atoms with van der Waals surface area (Å²) in [7, 11) is 0. The van der Waals surface area contributed by atoms with Crippen molar-refractivity contribution in [3.8, 4) is 67.5 Å². The van der Waals surface area contributed by atoms with E-state index in [-0.39, 0.29) is 0 Å². The lowest BCUT2D eigenvalue weighted by molar-refractivity contribution is 1.15. The van der Waals surface area contributed by atoms with Crippen LogP contribution in [0.4, 0.5) is 0 Å². The fourth-order valence-corrected chi connectivity index (χ4v) is 6.67. The van der Waals surface area contributed by atoms with E-state index < -0.39 is 0 Å². The number of aryl methyl sites for hydroxylation is 1. The van der Waals surface area contributed by atoms with E-state index in [1.807, 2.05) is 54.6 Å². The molecule has 0 saturated carbocycles. The minimum absolute atomic E-state index is 0.598. The molecule has 240 valence electrons. The minimum atomic E-state index is 0.598. The number of pyridine rings is 3. The van der Waals surface area contributed by atoms with Gasteiger partial charge in [-0.3, -0.25) is 9.97 Å². The summed E-state index contributed by atoms with van der Waals surface area (Å²) in [5, 5.41) is 2.16. The summed E-state index contributed by atoms with van der Waals surface area (Å²) in [5.74, 6) is 0.598. The van der Waals surface area contributed by atoms with E-state index in [0.29, 0.717) is 5.82 Å². The summed E-state index contributed by atoms with van der Waals surface area (Å²) >= 11 is 0. The van der Waals surface area contributed by atoms with Gasteiger partial charge >= 0.3 is 0 Å². The van der Waals surface area contributed by atoms with Crippen LogP contribution in [0.1, 0.15) is 5.69 Å². The van der Waals surface area contributed by atoms with Crippen molar-refractivity contribution in [3.63, 3.8) is 0 Å². The summed E-state index contributed by atoms with van der Waals surface area (Å²) < 4.78 is 0. The fraction of sp³-hybridized carbons (Fsp3) is 0.0217. The van der Waals surface area contributed by atoms with Crippen LogP contribution in [0.25, 0.3) is 89.4 Å². The molecule has 5 aromatic carbocycles. The lowest BCUT2D eigenvalue weighted by atomic mass is 9.95. The Morgan fingerprint density at radius 3 is 1.76 bits per heavy atom. The molecule has 51 heavy (non-hydrogen) atoms. The fourth-order valence-electron chi connectivity index (χ4n) is 6.67. The summed E-state index contributed by atoms with van der Waals surface area (Å²) in [6, 6.07) is 56.4. The zero-order chi connectivity index (χ0) is 34.1. The molecule has 0 spiro atoms. The number of rotatable bonds is 6. The highest BCUT2D eigenvalue weighted by Crippen LogP contribution is 2.35. The first kappa shape index (κ1) is 30.2. The van der Waals surface area contributed by atoms with Crippen molar-refractivity contribution in [1.82, 2.24) is 24.9 Å². The van der Waals surface area contributed by atoms with Gasteiger partial charge < -0.3 is 0 Å². The Labute approximate surface area is 296 Å². The number of benzene rings is 5. The van der Waals surface area contributed by atoms with Crippen molar-refractivity contribution in [2.45, 2.75) is 6.92 Å². The molecule has 5 heteroatoms. The first-order chi connectivity index (χ1) is 25.2. The average molecular weight is 654 g/mol. The van der Waals surface area contributed by atoms with E-state index in [1.54, 1.807) is 6.20 Å². The summed E-state index contributed by atoms with van der Waals surface area (Å²) in [4.78, 5) is 24.5. The number of aromatic nitrogens is 5. The van der Waals surface area contributed by atoms with Gasteiger partial charge in [-0.2, -0.15) is 0 Å². The molecule has 0 aliphatic carbocycles. The maximum absolute atomic E-state index is 5.11. The molecule has 0 fully saturated rings. The SMILES string of the molecule is Cc1cc(-c2ccc(-c3cccc(-c4cc(-c5ccccc5)nc(-c5ccccn5)n4)c3)cc2)c2ccc3ccc(-c4ccccc4)nc3c2n1. The van der Waals surface area contributed by atoms with Crippen molar-refractivity contribution in [2.24, 2.45) is 0 Å². The number of nitrogens with zero attached hydrogens (tertiary/aromatic N) is 5. The quantitative estimate of drug-likeness (QED) is 0.167.